The molecule has 14 N–H and O–H groups in total. The SMILES string of the molecule is C.CC(C)[C@H](C)N.CC(C)[C@H](C)NS(=O)(=O)c1ccc(C(=O)O)cc1.Cc1ccc(-c2noc(-c3ccc(S(=O)(=O)N[C@@H](C(=O)O)C(C)C)cc3)n2)s1.Cc1ccc(-c2noc(-c3ccc(S(=O)(=O)N[C@@H](C)C(C)C)cc3)n2)s1.Cc1ccc(/C(N)=N/O)s1.Cc1ccc(C#N)s1.Cc1ccc(C(=O)O)s1.Cc1ccc(C(N)=O)s1.Cl.O=C(O)c1ccc(S(=O)(=O)Cl)cc1. The first kappa shape index (κ1) is 115. The predicted octanol–water partition coefficient (Wildman–Crippen LogP) is 18.3. The van der Waals surface area contributed by atoms with Crippen LogP contribution < -0.4 is 31.4 Å². The summed E-state index contributed by atoms with van der Waals surface area (Å²) in [4.78, 5) is 73.1. The second-order valence-electron chi connectivity index (χ2n) is 28.8. The number of nitriles is 1. The number of amides is 1. The molecule has 0 radical (unpaired) electrons. The van der Waals surface area contributed by atoms with Crippen molar-refractivity contribution in [2.45, 2.75) is 169 Å². The maximum absolute atomic E-state index is 12.5. The number of nitrogens with zero attached hydrogens (tertiary/aromatic N) is 6. The Morgan fingerprint density at radius 2 is 0.752 bits per heavy atom. The first-order chi connectivity index (χ1) is 59.2. The first-order valence-electron chi connectivity index (χ1n) is 38.0. The van der Waals surface area contributed by atoms with Gasteiger partial charge in [0.2, 0.25) is 41.7 Å². The number of aromatic carboxylic acids is 3. The van der Waals surface area contributed by atoms with E-state index in [4.69, 9.17) is 62.7 Å². The van der Waals surface area contributed by atoms with Crippen molar-refractivity contribution in [2.75, 3.05) is 0 Å². The largest absolute Gasteiger partial charge is 0.480 e. The Kier molecular flexibility index (Phi) is 47.8. The molecule has 0 aliphatic rings. The number of sulfonamides is 3. The lowest BCUT2D eigenvalue weighted by Crippen LogP contribution is -2.44. The number of aryl methyl sites for hydroxylation is 6. The standard InChI is InChI=1S/C18H19N3O5S2.C18H21N3O3S2.C12H17NO4S.C7H5ClO4S.C6H8N2OS.C6H7NOS.C6H5NS.C6H6O2S.C5H13N.CH4.ClH/c1-10(2)15(18(22)23)21-28(24,25)13-7-5-12(6-8-13)17-19-16(20-26-17)14-9-4-11(3)27-14;1-11(2)13(4)21-26(22,23)15-8-6-14(7-9-15)18-19-17(20-24-18)16-10-5-12(3)25-16;1-8(2)9(3)13-18(16,17)11-6-4-10(5-7-11)12(14)15;8-13(11,12)6-3-1-5(2-4-6)7(9)10;1-4-2-3-5(10-4)6(7)8-9;1-4-2-3-5(9-4)6(7)8;1-5-2-3-6(4-7)8-5;1-4-2-3-5(9-4)6(7)8;1-4(2)5(3)6;;/h4-10,15,21H,1-3H3,(H,22,23);5-11,13,21H,1-4H3;4-9,13H,1-3H3,(H,14,15);1-4H,(H,9,10);2-3,9H,1H3,(H2,7,8);2-3H,1H3,(H2,7,8);2-3H,1H3;2-3H,1H3,(H,7,8);4-5H,6H2,1-3H3;1H4;1H/t15-;13-;9-;;;;;;5-;;/m100.....0../s1. The van der Waals surface area contributed by atoms with Crippen molar-refractivity contribution in [3.8, 4) is 50.4 Å². The molecular formula is C85H106Cl2N12O20S10. The zero-order chi connectivity index (χ0) is 95.8. The fourth-order valence-electron chi connectivity index (χ4n) is 8.92. The van der Waals surface area contributed by atoms with Gasteiger partial charge in [0.25, 0.3) is 26.7 Å². The lowest BCUT2D eigenvalue weighted by molar-refractivity contribution is -0.140. The van der Waals surface area contributed by atoms with E-state index in [2.05, 4.69) is 59.5 Å². The number of oxime groups is 1. The van der Waals surface area contributed by atoms with Gasteiger partial charge in [-0.05, 0) is 256 Å². The minimum absolute atomic E-state index is 0. The molecule has 0 bridgehead atoms. The molecule has 8 aromatic heterocycles. The number of carbonyl (C=O) groups excluding carboxylic acids is 1. The van der Waals surface area contributed by atoms with Gasteiger partial charge in [-0.25, -0.2) is 57.5 Å². The number of carboxylic acids is 4. The summed E-state index contributed by atoms with van der Waals surface area (Å²) in [5.41, 5.74) is 17.1. The van der Waals surface area contributed by atoms with E-state index in [0.717, 1.165) is 51.1 Å². The van der Waals surface area contributed by atoms with Crippen LogP contribution in [0.5, 0.6) is 0 Å². The Balaban J connectivity index is 0.000000513. The summed E-state index contributed by atoms with van der Waals surface area (Å²) in [5.74, 6) is -2.18. The molecule has 12 aromatic rings. The number of nitrogens with one attached hydrogen (secondary N) is 3. The quantitative estimate of drug-likeness (QED) is 0.00880. The van der Waals surface area contributed by atoms with Crippen LogP contribution in [0.2, 0.25) is 0 Å². The molecule has 0 spiro atoms. The molecule has 8 heterocycles. The highest BCUT2D eigenvalue weighted by Gasteiger charge is 2.29. The fourth-order valence-corrected chi connectivity index (χ4v) is 18.3. The average Bonchev–Trinajstić information content (AvgIpc) is 1.74. The number of primary amides is 1. The monoisotopic (exact) mass is 2000 g/mol. The van der Waals surface area contributed by atoms with Gasteiger partial charge in [-0.3, -0.25) is 9.59 Å². The highest BCUT2D eigenvalue weighted by atomic mass is 35.7. The Morgan fingerprint density at radius 1 is 0.434 bits per heavy atom. The smallest absolute Gasteiger partial charge is 0.345 e. The van der Waals surface area contributed by atoms with Crippen LogP contribution in [0.25, 0.3) is 44.3 Å². The van der Waals surface area contributed by atoms with E-state index in [1.807, 2.05) is 138 Å². The number of hydrogen-bond acceptors (Lipinski definition) is 29. The van der Waals surface area contributed by atoms with E-state index in [0.29, 0.717) is 50.4 Å². The van der Waals surface area contributed by atoms with Crippen molar-refractivity contribution < 1.29 is 92.3 Å². The third-order valence-electron chi connectivity index (χ3n) is 17.2. The van der Waals surface area contributed by atoms with Crippen molar-refractivity contribution in [1.82, 2.24) is 34.4 Å². The van der Waals surface area contributed by atoms with Gasteiger partial charge in [0.15, 0.2) is 5.84 Å². The molecule has 1 amide bonds. The molecule has 4 atom stereocenters. The second-order valence-corrected chi connectivity index (χ2v) is 44.2. The molecule has 0 unspecified atom stereocenters. The predicted molar refractivity (Wildman–Crippen MR) is 513 cm³/mol. The summed E-state index contributed by atoms with van der Waals surface area (Å²) in [5, 5.41) is 62.2. The van der Waals surface area contributed by atoms with Gasteiger partial charge in [-0.15, -0.1) is 80.4 Å². The Labute approximate surface area is 786 Å². The summed E-state index contributed by atoms with van der Waals surface area (Å²) in [6.45, 7) is 32.7. The van der Waals surface area contributed by atoms with Crippen molar-refractivity contribution >= 4 is 166 Å². The maximum atomic E-state index is 12.5. The Hall–Kier alpha value is -10.3. The van der Waals surface area contributed by atoms with E-state index < -0.39 is 75.0 Å². The number of aliphatic carboxylic acids is 1. The van der Waals surface area contributed by atoms with Crippen LogP contribution in [0.4, 0.5) is 0 Å². The van der Waals surface area contributed by atoms with Crippen molar-refractivity contribution in [3.63, 3.8) is 0 Å². The molecule has 12 rings (SSSR count). The first-order valence-corrected chi connectivity index (χ1v) is 49.7. The fraction of sp³-hybridized carbons (Fsp3) is 0.306. The Morgan fingerprint density at radius 3 is 0.992 bits per heavy atom. The Bertz CT molecular complexity index is 6080. The maximum Gasteiger partial charge on any atom is 0.345 e. The van der Waals surface area contributed by atoms with Gasteiger partial charge in [-0.1, -0.05) is 78.3 Å². The van der Waals surface area contributed by atoms with Gasteiger partial charge in [-0.2, -0.15) is 20.0 Å². The number of amidine groups is 1. The minimum Gasteiger partial charge on any atom is -0.480 e. The van der Waals surface area contributed by atoms with Crippen molar-refractivity contribution in [3.05, 3.63) is 230 Å². The molecule has 0 aliphatic heterocycles. The van der Waals surface area contributed by atoms with Gasteiger partial charge in [0, 0.05) is 69.2 Å². The van der Waals surface area contributed by atoms with E-state index in [-0.39, 0.29) is 92.1 Å². The molecule has 0 fully saturated rings. The van der Waals surface area contributed by atoms with Crippen molar-refractivity contribution in [2.24, 2.45) is 46.0 Å². The lowest BCUT2D eigenvalue weighted by atomic mass is 10.1. The van der Waals surface area contributed by atoms with E-state index in [9.17, 15) is 62.8 Å². The van der Waals surface area contributed by atoms with Crippen LogP contribution in [0, 0.1) is 76.5 Å². The number of halogens is 2. The average molecular weight is 2010 g/mol. The van der Waals surface area contributed by atoms with Gasteiger partial charge >= 0.3 is 23.9 Å². The van der Waals surface area contributed by atoms with Crippen LogP contribution >= 0.6 is 91.1 Å². The number of rotatable bonds is 24. The van der Waals surface area contributed by atoms with Gasteiger partial charge < -0.3 is 51.9 Å². The third-order valence-corrected chi connectivity index (χ3v) is 29.1. The highest BCUT2D eigenvalue weighted by molar-refractivity contribution is 8.13. The molecular weight excluding hydrogens is 1900 g/mol. The van der Waals surface area contributed by atoms with Gasteiger partial charge in [0.1, 0.15) is 21.9 Å². The normalized spacial score (nSPS) is 12.0. The number of hydrogen-bond donors (Lipinski definition) is 11. The lowest BCUT2D eigenvalue weighted by Gasteiger charge is -2.17. The molecule has 129 heavy (non-hydrogen) atoms. The van der Waals surface area contributed by atoms with Crippen LogP contribution in [0.15, 0.2) is 204 Å². The number of aromatic nitrogens is 4. The molecule has 700 valence electrons. The molecule has 0 aliphatic carbocycles. The van der Waals surface area contributed by atoms with E-state index in [1.165, 1.54) is 116 Å². The highest BCUT2D eigenvalue weighted by Crippen LogP contribution is 2.31. The summed E-state index contributed by atoms with van der Waals surface area (Å²) in [6.07, 6.45) is 0. The van der Waals surface area contributed by atoms with Crippen LogP contribution in [-0.4, -0.2) is 139 Å². The van der Waals surface area contributed by atoms with Crippen LogP contribution in [0.1, 0.15) is 163 Å². The summed E-state index contributed by atoms with van der Waals surface area (Å²) < 4.78 is 113. The second kappa shape index (κ2) is 53.7. The van der Waals surface area contributed by atoms with Gasteiger partial charge in [0.05, 0.1) is 50.2 Å². The van der Waals surface area contributed by atoms with E-state index in [1.54, 1.807) is 85.9 Å². The number of carbonyl (C=O) groups is 5. The van der Waals surface area contributed by atoms with Crippen LogP contribution in [0.3, 0.4) is 0 Å². The van der Waals surface area contributed by atoms with Crippen molar-refractivity contribution in [1.29, 1.82) is 5.26 Å². The minimum atomic E-state index is -3.98. The third kappa shape index (κ3) is 39.1. The topological polar surface area (TPSA) is 551 Å². The molecule has 4 aromatic carbocycles. The molecule has 44 heteroatoms. The molecule has 0 saturated heterocycles. The molecule has 32 nitrogen and oxygen atoms in total. The summed E-state index contributed by atoms with van der Waals surface area (Å²) in [6, 6.07) is 45.3. The number of thiophene rings is 6. The number of benzene rings is 4. The summed E-state index contributed by atoms with van der Waals surface area (Å²) in [7, 11) is -9.87. The molecule has 0 saturated carbocycles. The zero-order valence-electron chi connectivity index (χ0n) is 72.4. The zero-order valence-corrected chi connectivity index (χ0v) is 82.2. The van der Waals surface area contributed by atoms with E-state index >= 15 is 0 Å². The summed E-state index contributed by atoms with van der Waals surface area (Å²) >= 11 is 8.88. The number of carboxylic acid groups (broad SMARTS) is 4. The van der Waals surface area contributed by atoms with Crippen LogP contribution in [-0.2, 0) is 43.9 Å². The number of nitrogens with two attached hydrogens (primary N) is 3.